The molecule has 1 atom stereocenters. The van der Waals surface area contributed by atoms with E-state index in [2.05, 4.69) is 21.2 Å². The average Bonchev–Trinajstić information content (AvgIpc) is 2.96. The van der Waals surface area contributed by atoms with Crippen molar-refractivity contribution in [3.05, 3.63) is 99.0 Å². The Morgan fingerprint density at radius 2 is 1.62 bits per heavy atom. The highest BCUT2D eigenvalue weighted by Crippen LogP contribution is 2.29. The van der Waals surface area contributed by atoms with E-state index < -0.39 is 28.5 Å². The molecule has 0 aromatic heterocycles. The minimum Gasteiger partial charge on any atom is -0.352 e. The molecule has 0 bridgehead atoms. The Kier molecular flexibility index (Phi) is 11.1. The monoisotopic (exact) mass is 673 g/mol. The van der Waals surface area contributed by atoms with Crippen LogP contribution in [0.3, 0.4) is 0 Å². The van der Waals surface area contributed by atoms with Crippen molar-refractivity contribution in [3.8, 4) is 0 Å². The van der Waals surface area contributed by atoms with E-state index >= 15 is 0 Å². The number of nitrogens with one attached hydrogen (secondary N) is 1. The third-order valence-corrected chi connectivity index (χ3v) is 9.74. The lowest BCUT2D eigenvalue weighted by molar-refractivity contribution is -0.140. The predicted octanol–water partition coefficient (Wildman–Crippen LogP) is 6.27. The first-order valence-corrected chi connectivity index (χ1v) is 17.2. The van der Waals surface area contributed by atoms with Crippen molar-refractivity contribution in [2.75, 3.05) is 17.1 Å². The van der Waals surface area contributed by atoms with Crippen molar-refractivity contribution in [2.45, 2.75) is 64.1 Å². The summed E-state index contributed by atoms with van der Waals surface area (Å²) in [6.07, 6.45) is 6.42. The maximum absolute atomic E-state index is 14.3. The number of carbonyl (C=O) groups excluding carboxylic acids is 2. The number of amides is 2. The number of rotatable bonds is 11. The molecule has 10 heteroatoms. The van der Waals surface area contributed by atoms with Gasteiger partial charge in [-0.05, 0) is 60.7 Å². The van der Waals surface area contributed by atoms with Gasteiger partial charge in [0.05, 0.1) is 11.9 Å². The Morgan fingerprint density at radius 3 is 2.26 bits per heavy atom. The van der Waals surface area contributed by atoms with Gasteiger partial charge in [-0.15, -0.1) is 0 Å². The topological polar surface area (TPSA) is 86.8 Å². The lowest BCUT2D eigenvalue weighted by Gasteiger charge is -2.35. The molecule has 1 aliphatic rings. The molecule has 1 aliphatic carbocycles. The van der Waals surface area contributed by atoms with Gasteiger partial charge >= 0.3 is 0 Å². The van der Waals surface area contributed by atoms with E-state index in [0.29, 0.717) is 16.3 Å². The standard InChI is InChI=1S/C32H37BrClN3O4S/c1-23-28(34)14-9-15-29(23)37(42(2,40)41)22-31(38)36(21-25-16-18-26(33)19-17-25)30(20-24-10-5-3-6-11-24)32(39)35-27-12-7-4-8-13-27/h3,5-6,9-11,14-19,27,30H,4,7-8,12-13,20-22H2,1-2H3,(H,35,39)/t30-/m0/s1. The van der Waals surface area contributed by atoms with Gasteiger partial charge in [-0.2, -0.15) is 0 Å². The fraction of sp³-hybridized carbons (Fsp3) is 0.375. The highest BCUT2D eigenvalue weighted by atomic mass is 79.9. The van der Waals surface area contributed by atoms with Crippen molar-refractivity contribution >= 4 is 55.1 Å². The van der Waals surface area contributed by atoms with Gasteiger partial charge in [0.1, 0.15) is 12.6 Å². The van der Waals surface area contributed by atoms with Crippen LogP contribution in [-0.2, 0) is 32.6 Å². The maximum Gasteiger partial charge on any atom is 0.244 e. The van der Waals surface area contributed by atoms with Crippen molar-refractivity contribution in [2.24, 2.45) is 0 Å². The van der Waals surface area contributed by atoms with Gasteiger partial charge in [-0.3, -0.25) is 13.9 Å². The summed E-state index contributed by atoms with van der Waals surface area (Å²) in [4.78, 5) is 29.8. The lowest BCUT2D eigenvalue weighted by Crippen LogP contribution is -2.55. The second kappa shape index (κ2) is 14.5. The fourth-order valence-corrected chi connectivity index (χ4v) is 6.68. The molecule has 0 radical (unpaired) electrons. The molecule has 0 heterocycles. The Balaban J connectivity index is 1.73. The summed E-state index contributed by atoms with van der Waals surface area (Å²) >= 11 is 9.78. The van der Waals surface area contributed by atoms with Crippen molar-refractivity contribution in [3.63, 3.8) is 0 Å². The molecule has 1 fully saturated rings. The van der Waals surface area contributed by atoms with Crippen molar-refractivity contribution in [1.82, 2.24) is 10.2 Å². The van der Waals surface area contributed by atoms with Gasteiger partial charge in [0.2, 0.25) is 21.8 Å². The summed E-state index contributed by atoms with van der Waals surface area (Å²) in [5.41, 5.74) is 2.60. The molecule has 224 valence electrons. The van der Waals surface area contributed by atoms with Crippen LogP contribution in [0.5, 0.6) is 0 Å². The third kappa shape index (κ3) is 8.58. The van der Waals surface area contributed by atoms with Crippen molar-refractivity contribution < 1.29 is 18.0 Å². The smallest absolute Gasteiger partial charge is 0.244 e. The molecule has 2 amide bonds. The molecule has 7 nitrogen and oxygen atoms in total. The van der Waals surface area contributed by atoms with Crippen LogP contribution >= 0.6 is 27.5 Å². The molecule has 3 aromatic rings. The zero-order valence-corrected chi connectivity index (χ0v) is 27.1. The van der Waals surface area contributed by atoms with Crippen LogP contribution in [0.15, 0.2) is 77.3 Å². The Hall–Kier alpha value is -2.88. The first-order chi connectivity index (χ1) is 20.0. The minimum atomic E-state index is -3.87. The van der Waals surface area contributed by atoms with E-state index in [1.165, 1.54) is 4.90 Å². The highest BCUT2D eigenvalue weighted by molar-refractivity contribution is 9.10. The van der Waals surface area contributed by atoms with Gasteiger partial charge in [0.15, 0.2) is 0 Å². The van der Waals surface area contributed by atoms with E-state index in [1.54, 1.807) is 25.1 Å². The average molecular weight is 675 g/mol. The number of halogens is 2. The Bertz CT molecular complexity index is 1480. The van der Waals surface area contributed by atoms with E-state index in [4.69, 9.17) is 11.6 Å². The van der Waals surface area contributed by atoms with E-state index in [0.717, 1.165) is 58.3 Å². The van der Waals surface area contributed by atoms with Crippen LogP contribution in [-0.4, -0.2) is 50.0 Å². The molecule has 0 saturated heterocycles. The molecule has 0 unspecified atom stereocenters. The summed E-state index contributed by atoms with van der Waals surface area (Å²) in [6.45, 7) is 1.38. The zero-order chi connectivity index (χ0) is 30.3. The maximum atomic E-state index is 14.3. The molecule has 1 saturated carbocycles. The van der Waals surface area contributed by atoms with Gasteiger partial charge in [-0.1, -0.05) is 95.3 Å². The Labute approximate surface area is 262 Å². The first-order valence-electron chi connectivity index (χ1n) is 14.1. The normalized spacial score (nSPS) is 14.7. The number of benzene rings is 3. The van der Waals surface area contributed by atoms with E-state index in [1.807, 2.05) is 54.6 Å². The van der Waals surface area contributed by atoms with Gasteiger partial charge < -0.3 is 10.2 Å². The summed E-state index contributed by atoms with van der Waals surface area (Å²) < 4.78 is 28.0. The SMILES string of the molecule is Cc1c(Cl)cccc1N(CC(=O)N(Cc1ccc(Br)cc1)[C@@H](Cc1ccccc1)C(=O)NC1CCCCC1)S(C)(=O)=O. The van der Waals surface area contributed by atoms with Gasteiger partial charge in [-0.25, -0.2) is 8.42 Å². The number of carbonyl (C=O) groups is 2. The molecule has 0 spiro atoms. The summed E-state index contributed by atoms with van der Waals surface area (Å²) in [5.74, 6) is -0.719. The van der Waals surface area contributed by atoms with Crippen LogP contribution in [0.4, 0.5) is 5.69 Å². The molecule has 0 aliphatic heterocycles. The van der Waals surface area contributed by atoms with Gasteiger partial charge in [0, 0.05) is 28.5 Å². The van der Waals surface area contributed by atoms with Crippen LogP contribution in [0.1, 0.15) is 48.8 Å². The highest BCUT2D eigenvalue weighted by Gasteiger charge is 2.34. The molecular weight excluding hydrogens is 638 g/mol. The van der Waals surface area contributed by atoms with Crippen LogP contribution in [0.2, 0.25) is 5.02 Å². The quantitative estimate of drug-likeness (QED) is 0.260. The largest absolute Gasteiger partial charge is 0.352 e. The second-order valence-electron chi connectivity index (χ2n) is 10.9. The number of sulfonamides is 1. The number of anilines is 1. The second-order valence-corrected chi connectivity index (χ2v) is 14.1. The zero-order valence-electron chi connectivity index (χ0n) is 23.9. The molecule has 42 heavy (non-hydrogen) atoms. The van der Waals surface area contributed by atoms with Crippen LogP contribution in [0.25, 0.3) is 0 Å². The molecule has 4 rings (SSSR count). The van der Waals surface area contributed by atoms with E-state index in [-0.39, 0.29) is 24.9 Å². The summed E-state index contributed by atoms with van der Waals surface area (Å²) in [5, 5.41) is 3.61. The lowest BCUT2D eigenvalue weighted by atomic mass is 9.94. The summed E-state index contributed by atoms with van der Waals surface area (Å²) in [7, 11) is -3.87. The Morgan fingerprint density at radius 1 is 0.952 bits per heavy atom. The van der Waals surface area contributed by atoms with Crippen molar-refractivity contribution in [1.29, 1.82) is 0 Å². The molecular formula is C32H37BrClN3O4S. The number of hydrogen-bond donors (Lipinski definition) is 1. The summed E-state index contributed by atoms with van der Waals surface area (Å²) in [6, 6.07) is 21.3. The van der Waals surface area contributed by atoms with Crippen LogP contribution < -0.4 is 9.62 Å². The third-order valence-electron chi connectivity index (χ3n) is 7.68. The fourth-order valence-electron chi connectivity index (χ4n) is 5.35. The van der Waals surface area contributed by atoms with Crippen LogP contribution in [0, 0.1) is 6.92 Å². The number of hydrogen-bond acceptors (Lipinski definition) is 4. The number of nitrogens with zero attached hydrogens (tertiary/aromatic N) is 2. The van der Waals surface area contributed by atoms with Gasteiger partial charge in [0.25, 0.3) is 0 Å². The predicted molar refractivity (Wildman–Crippen MR) is 172 cm³/mol. The minimum absolute atomic E-state index is 0.0517. The molecule has 1 N–H and O–H groups in total. The van der Waals surface area contributed by atoms with E-state index in [9.17, 15) is 18.0 Å². The molecule has 3 aromatic carbocycles. The first kappa shape index (κ1) is 32.0.